The number of carboxylic acid groups (broad SMARTS) is 4. The second kappa shape index (κ2) is 56.8. The molecule has 2 aliphatic carbocycles. The van der Waals surface area contributed by atoms with Crippen LogP contribution in [0.2, 0.25) is 0 Å². The van der Waals surface area contributed by atoms with Gasteiger partial charge in [-0.1, -0.05) is 148 Å². The SMILES string of the molecule is Cc1ccc([C@H]2CCCO2)c([C@@H](C(=O)O)N2CC[C@@H](OCCCCCc3ccc4c(n3)NCCC4)C2)c1.Cc1ccc([C@H]2CCCO2)c([C@H](C(=O)O)N2CC[C@@H](OCCCCCc3ccc4c(n3)NCCC4)C2)c1.O=C(O)[C@@H](c1cc(F)ccc1C1CCCCC1)N1CC[C@@H](OCCCCCc2ccc3c(n2)NCCC3)C1.O=C(O)[C@H](c1cc(F)ccc1C1CCCCC1)N1CC[C@@H](OCCCCCc2ccc3c(n2)NCCC3)C1. The fourth-order valence-corrected chi connectivity index (χ4v) is 25.0. The third-order valence-corrected chi connectivity index (χ3v) is 33.0. The number of nitrogens with one attached hydrogen (secondary N) is 4. The molecule has 8 fully saturated rings. The molecule has 4 aromatic heterocycles. The van der Waals surface area contributed by atoms with Gasteiger partial charge < -0.3 is 70.1 Å². The van der Waals surface area contributed by atoms with Gasteiger partial charge in [0.05, 0.1) is 36.6 Å². The molecule has 0 bridgehead atoms. The Labute approximate surface area is 887 Å². The van der Waals surface area contributed by atoms with Gasteiger partial charge in [0, 0.05) is 141 Å². The summed E-state index contributed by atoms with van der Waals surface area (Å²) in [6.45, 7) is 17.6. The predicted molar refractivity (Wildman–Crippen MR) is 582 cm³/mol. The molecule has 20 rings (SSSR count). The Kier molecular flexibility index (Phi) is 42.1. The minimum atomic E-state index is -0.903. The van der Waals surface area contributed by atoms with E-state index in [-0.39, 0.29) is 48.3 Å². The summed E-state index contributed by atoms with van der Waals surface area (Å²) < 4.78 is 65.2. The minimum Gasteiger partial charge on any atom is -0.480 e. The van der Waals surface area contributed by atoms with Gasteiger partial charge in [-0.25, -0.2) is 28.7 Å². The molecule has 0 unspecified atom stereocenters. The molecule has 812 valence electrons. The number of likely N-dealkylation sites (tertiary alicyclic amines) is 4. The first-order valence-corrected chi connectivity index (χ1v) is 57.6. The number of hydrogen-bond donors (Lipinski definition) is 8. The quantitative estimate of drug-likeness (QED) is 0.0165. The van der Waals surface area contributed by atoms with Crippen molar-refractivity contribution in [2.45, 2.75) is 356 Å². The monoisotopic (exact) mass is 2060 g/mol. The first kappa shape index (κ1) is 111. The summed E-state index contributed by atoms with van der Waals surface area (Å²) in [6, 6.07) is 36.5. The lowest BCUT2D eigenvalue weighted by atomic mass is 9.80. The summed E-state index contributed by atoms with van der Waals surface area (Å²) in [6.07, 6.45) is 44.7. The van der Waals surface area contributed by atoms with Gasteiger partial charge in [-0.2, -0.15) is 0 Å². The number of aryl methyl sites for hydroxylation is 10. The molecule has 0 radical (unpaired) electrons. The van der Waals surface area contributed by atoms with Crippen LogP contribution in [0.4, 0.5) is 32.1 Å². The van der Waals surface area contributed by atoms with Gasteiger partial charge in [-0.3, -0.25) is 38.8 Å². The van der Waals surface area contributed by atoms with Gasteiger partial charge in [0.2, 0.25) is 0 Å². The van der Waals surface area contributed by atoms with Gasteiger partial charge in [-0.15, -0.1) is 0 Å². The number of aromatic nitrogens is 4. The average molecular weight is 2060 g/mol. The number of nitrogens with zero attached hydrogens (tertiary/aromatic N) is 8. The highest BCUT2D eigenvalue weighted by Crippen LogP contribution is 2.45. The van der Waals surface area contributed by atoms with Crippen LogP contribution in [0.3, 0.4) is 0 Å². The molecule has 14 heterocycles. The summed E-state index contributed by atoms with van der Waals surface area (Å²) >= 11 is 0. The maximum atomic E-state index is 14.3. The number of pyridine rings is 4. The smallest absolute Gasteiger partial charge is 0.325 e. The molecular formula is C122H166F2N12O14. The van der Waals surface area contributed by atoms with Crippen molar-refractivity contribution in [1.82, 2.24) is 39.5 Å². The largest absolute Gasteiger partial charge is 0.480 e. The van der Waals surface area contributed by atoms with Gasteiger partial charge in [-0.05, 0) is 346 Å². The summed E-state index contributed by atoms with van der Waals surface area (Å²) in [5, 5.41) is 54.5. The maximum absolute atomic E-state index is 14.3. The highest BCUT2D eigenvalue weighted by molar-refractivity contribution is 5.79. The Hall–Kier alpha value is -9.98. The number of ether oxygens (including phenoxy) is 6. The van der Waals surface area contributed by atoms with Crippen molar-refractivity contribution in [2.75, 3.05) is 139 Å². The molecule has 4 aromatic carbocycles. The Morgan fingerprint density at radius 1 is 0.327 bits per heavy atom. The number of aliphatic carboxylic acids is 4. The molecule has 0 amide bonds. The molecule has 8 N–H and O–H groups in total. The van der Waals surface area contributed by atoms with Crippen molar-refractivity contribution in [3.63, 3.8) is 0 Å². The van der Waals surface area contributed by atoms with Crippen LogP contribution in [0, 0.1) is 25.5 Å². The molecule has 8 aromatic rings. The third-order valence-electron chi connectivity index (χ3n) is 33.0. The molecule has 28 heteroatoms. The zero-order chi connectivity index (χ0) is 104. The Morgan fingerprint density at radius 3 is 0.880 bits per heavy atom. The van der Waals surface area contributed by atoms with Crippen molar-refractivity contribution in [3.05, 3.63) is 234 Å². The number of hydrogen-bond acceptors (Lipinski definition) is 22. The number of fused-ring (bicyclic) bond motifs is 4. The number of benzene rings is 4. The van der Waals surface area contributed by atoms with Crippen molar-refractivity contribution >= 4 is 47.1 Å². The summed E-state index contributed by atoms with van der Waals surface area (Å²) in [7, 11) is 0. The Balaban J connectivity index is 0.000000136. The van der Waals surface area contributed by atoms with Gasteiger partial charge in [0.1, 0.15) is 59.1 Å². The number of carbonyl (C=O) groups is 4. The topological polar surface area (TPSA) is 317 Å². The zero-order valence-electron chi connectivity index (χ0n) is 89.1. The third kappa shape index (κ3) is 31.2. The molecular weight excluding hydrogens is 1900 g/mol. The summed E-state index contributed by atoms with van der Waals surface area (Å²) in [5.41, 5.74) is 19.3. The van der Waals surface area contributed by atoms with Crippen molar-refractivity contribution < 1.29 is 76.8 Å². The van der Waals surface area contributed by atoms with Crippen LogP contribution < -0.4 is 21.3 Å². The number of anilines is 4. The molecule has 0 spiro atoms. The standard InChI is InChI=1S/2C31H42FN3O3.2C30H41N3O4/c2*32-24-13-15-27(22-8-3-1-4-9-22)28(20-24)29(31(36)37)35-18-16-26(21-35)38-19-6-2-5-11-25-14-12-23-10-7-17-33-30(23)34-25;2*1-21-10-13-25(27-9-6-18-37-27)26(19-21)28(30(34)35)33-16-14-24(20-33)36-17-4-2-3-8-23-12-11-22-7-5-15-31-29(22)32-23/h2*12-15,20,22,26,29H,1-11,16-19,21H2,(H,33,34)(H,36,37);2*10-13,19,24,27-28H,2-9,14-18,20H2,1H3,(H,31,32)(H,34,35)/t26-,29+;26-,29-;24-,27-,28+;24-,27-,28-/m1111/s1. The Morgan fingerprint density at radius 2 is 0.607 bits per heavy atom. The lowest BCUT2D eigenvalue weighted by Crippen LogP contribution is -2.34. The molecule has 12 aliphatic rings. The molecule has 10 aliphatic heterocycles. The summed E-state index contributed by atoms with van der Waals surface area (Å²) in [4.78, 5) is 77.1. The number of rotatable bonds is 44. The summed E-state index contributed by atoms with van der Waals surface area (Å²) in [5.74, 6) is 0.800. The molecule has 26 nitrogen and oxygen atoms in total. The lowest BCUT2D eigenvalue weighted by Gasteiger charge is -2.30. The van der Waals surface area contributed by atoms with E-state index in [1.807, 2.05) is 47.9 Å². The second-order valence-corrected chi connectivity index (χ2v) is 44.2. The van der Waals surface area contributed by atoms with Crippen LogP contribution in [0.5, 0.6) is 0 Å². The molecule has 150 heavy (non-hydrogen) atoms. The molecule has 2 saturated carbocycles. The van der Waals surface area contributed by atoms with E-state index in [1.54, 1.807) is 0 Å². The van der Waals surface area contributed by atoms with Crippen LogP contribution in [-0.2, 0) is 99.0 Å². The van der Waals surface area contributed by atoms with Crippen LogP contribution >= 0.6 is 0 Å². The zero-order valence-corrected chi connectivity index (χ0v) is 89.1. The van der Waals surface area contributed by atoms with Crippen LogP contribution in [-0.4, -0.2) is 226 Å². The van der Waals surface area contributed by atoms with E-state index in [0.717, 1.165) is 376 Å². The van der Waals surface area contributed by atoms with Crippen LogP contribution in [0.15, 0.2) is 121 Å². The van der Waals surface area contributed by atoms with Crippen LogP contribution in [0.1, 0.15) is 367 Å². The molecule has 6 saturated heterocycles. The lowest BCUT2D eigenvalue weighted by molar-refractivity contribution is -0.144. The highest BCUT2D eigenvalue weighted by atomic mass is 19.1. The van der Waals surface area contributed by atoms with E-state index in [1.165, 1.54) is 96.4 Å². The predicted octanol–water partition coefficient (Wildman–Crippen LogP) is 23.0. The van der Waals surface area contributed by atoms with Crippen molar-refractivity contribution in [2.24, 2.45) is 0 Å². The van der Waals surface area contributed by atoms with Crippen LogP contribution in [0.25, 0.3) is 0 Å². The van der Waals surface area contributed by atoms with Crippen molar-refractivity contribution in [3.8, 4) is 0 Å². The maximum Gasteiger partial charge on any atom is 0.325 e. The number of halogens is 2. The first-order chi connectivity index (χ1) is 73.3. The Bertz CT molecular complexity index is 5340. The van der Waals surface area contributed by atoms with Crippen molar-refractivity contribution in [1.29, 1.82) is 0 Å². The average Bonchev–Trinajstić information content (AvgIpc) is 1.67. The highest BCUT2D eigenvalue weighted by Gasteiger charge is 2.43. The van der Waals surface area contributed by atoms with Gasteiger partial charge in [0.25, 0.3) is 0 Å². The van der Waals surface area contributed by atoms with Gasteiger partial charge in [0.15, 0.2) is 0 Å². The molecule has 10 atom stereocenters. The normalized spacial score (nSPS) is 21.8. The number of carboxylic acids is 4. The minimum absolute atomic E-state index is 0.000122. The fraction of sp³-hybridized carbons (Fsp3) is 0.607. The van der Waals surface area contributed by atoms with E-state index in [0.29, 0.717) is 75.4 Å². The second-order valence-electron chi connectivity index (χ2n) is 44.2. The fourth-order valence-electron chi connectivity index (χ4n) is 25.0. The first-order valence-electron chi connectivity index (χ1n) is 57.6. The number of unbranched alkanes of at least 4 members (excludes halogenated alkanes) is 8. The van der Waals surface area contributed by atoms with Gasteiger partial charge >= 0.3 is 23.9 Å². The van der Waals surface area contributed by atoms with E-state index in [9.17, 15) is 48.4 Å². The van der Waals surface area contributed by atoms with E-state index in [4.69, 9.17) is 48.4 Å². The van der Waals surface area contributed by atoms with E-state index in [2.05, 4.69) is 104 Å². The van der Waals surface area contributed by atoms with E-state index < -0.39 is 48.0 Å². The van der Waals surface area contributed by atoms with E-state index >= 15 is 0 Å².